The van der Waals surface area contributed by atoms with E-state index < -0.39 is 0 Å². The van der Waals surface area contributed by atoms with E-state index in [4.69, 9.17) is 11.6 Å². The summed E-state index contributed by atoms with van der Waals surface area (Å²) >= 11 is 7.94. The maximum atomic E-state index is 12.6. The van der Waals surface area contributed by atoms with Crippen LogP contribution in [0.25, 0.3) is 0 Å². The summed E-state index contributed by atoms with van der Waals surface area (Å²) in [5, 5.41) is 0.286. The SMILES string of the molecule is CC1CN(C(=O)C2Cc3ccccc3S2)CCC1Cl. The van der Waals surface area contributed by atoms with Crippen molar-refractivity contribution in [3.63, 3.8) is 0 Å². The number of thioether (sulfide) groups is 1. The van der Waals surface area contributed by atoms with Crippen molar-refractivity contribution in [2.75, 3.05) is 13.1 Å². The second-order valence-corrected chi connectivity index (χ2v) is 7.29. The number of benzene rings is 1. The van der Waals surface area contributed by atoms with Crippen molar-refractivity contribution in [2.45, 2.75) is 35.3 Å². The van der Waals surface area contributed by atoms with Crippen LogP contribution in [0.1, 0.15) is 18.9 Å². The van der Waals surface area contributed by atoms with Gasteiger partial charge < -0.3 is 4.90 Å². The zero-order valence-electron chi connectivity index (χ0n) is 11.0. The number of piperidine rings is 1. The van der Waals surface area contributed by atoms with Crippen molar-refractivity contribution in [2.24, 2.45) is 5.92 Å². The Kier molecular flexibility index (Phi) is 3.77. The van der Waals surface area contributed by atoms with Crippen molar-refractivity contribution >= 4 is 29.3 Å². The average molecular weight is 296 g/mol. The lowest BCUT2D eigenvalue weighted by molar-refractivity contribution is -0.132. The molecule has 1 fully saturated rings. The van der Waals surface area contributed by atoms with Gasteiger partial charge in [0, 0.05) is 23.4 Å². The minimum Gasteiger partial charge on any atom is -0.341 e. The molecule has 0 N–H and O–H groups in total. The third kappa shape index (κ3) is 2.63. The smallest absolute Gasteiger partial charge is 0.236 e. The van der Waals surface area contributed by atoms with Crippen molar-refractivity contribution < 1.29 is 4.79 Å². The fourth-order valence-electron chi connectivity index (χ4n) is 2.84. The number of rotatable bonds is 1. The molecular formula is C15H18ClNOS. The highest BCUT2D eigenvalue weighted by atomic mass is 35.5. The molecule has 0 aliphatic carbocycles. The molecule has 0 aromatic heterocycles. The van der Waals surface area contributed by atoms with E-state index in [1.165, 1.54) is 10.5 Å². The number of fused-ring (bicyclic) bond motifs is 1. The monoisotopic (exact) mass is 295 g/mol. The summed E-state index contributed by atoms with van der Waals surface area (Å²) in [7, 11) is 0. The molecule has 0 bridgehead atoms. The summed E-state index contributed by atoms with van der Waals surface area (Å²) in [5.41, 5.74) is 1.31. The highest BCUT2D eigenvalue weighted by Crippen LogP contribution is 2.38. The third-order valence-corrected chi connectivity index (χ3v) is 5.99. The van der Waals surface area contributed by atoms with Gasteiger partial charge in [0.2, 0.25) is 5.91 Å². The molecule has 3 rings (SSSR count). The molecule has 3 atom stereocenters. The van der Waals surface area contributed by atoms with Crippen LogP contribution in [0.15, 0.2) is 29.2 Å². The lowest BCUT2D eigenvalue weighted by Gasteiger charge is -2.35. The molecule has 2 nitrogen and oxygen atoms in total. The summed E-state index contributed by atoms with van der Waals surface area (Å²) in [5.74, 6) is 0.685. The number of hydrogen-bond donors (Lipinski definition) is 0. The van der Waals surface area contributed by atoms with E-state index in [9.17, 15) is 4.79 Å². The molecule has 0 radical (unpaired) electrons. The molecule has 4 heteroatoms. The van der Waals surface area contributed by atoms with E-state index >= 15 is 0 Å². The number of likely N-dealkylation sites (tertiary alicyclic amines) is 1. The topological polar surface area (TPSA) is 20.3 Å². The Morgan fingerprint density at radius 1 is 1.42 bits per heavy atom. The van der Waals surface area contributed by atoms with Crippen LogP contribution in [0.3, 0.4) is 0 Å². The normalized spacial score (nSPS) is 30.2. The fourth-order valence-corrected chi connectivity index (χ4v) is 4.30. The van der Waals surface area contributed by atoms with E-state index in [1.807, 2.05) is 17.0 Å². The van der Waals surface area contributed by atoms with E-state index in [2.05, 4.69) is 19.1 Å². The number of halogens is 1. The molecule has 0 spiro atoms. The summed E-state index contributed by atoms with van der Waals surface area (Å²) in [4.78, 5) is 15.9. The van der Waals surface area contributed by atoms with Gasteiger partial charge in [-0.1, -0.05) is 25.1 Å². The number of amides is 1. The Morgan fingerprint density at radius 2 is 2.21 bits per heavy atom. The van der Waals surface area contributed by atoms with Gasteiger partial charge in [-0.15, -0.1) is 23.4 Å². The van der Waals surface area contributed by atoms with Gasteiger partial charge in [-0.25, -0.2) is 0 Å². The summed E-state index contributed by atoms with van der Waals surface area (Å²) in [6.45, 7) is 3.75. The van der Waals surface area contributed by atoms with E-state index in [0.29, 0.717) is 5.92 Å². The number of hydrogen-bond acceptors (Lipinski definition) is 2. The maximum Gasteiger partial charge on any atom is 0.236 e. The van der Waals surface area contributed by atoms with Crippen molar-refractivity contribution in [1.82, 2.24) is 4.90 Å². The molecule has 3 unspecified atom stereocenters. The lowest BCUT2D eigenvalue weighted by atomic mass is 9.99. The van der Waals surface area contributed by atoms with Crippen molar-refractivity contribution in [1.29, 1.82) is 0 Å². The van der Waals surface area contributed by atoms with Gasteiger partial charge in [-0.3, -0.25) is 4.79 Å². The van der Waals surface area contributed by atoms with Crippen LogP contribution >= 0.6 is 23.4 Å². The molecular weight excluding hydrogens is 278 g/mol. The Balaban J connectivity index is 1.67. The van der Waals surface area contributed by atoms with E-state index in [0.717, 1.165) is 25.9 Å². The number of carbonyl (C=O) groups is 1. The molecule has 2 aliphatic heterocycles. The standard InChI is InChI=1S/C15H18ClNOS/c1-10-9-17(7-6-12(10)16)15(18)14-8-11-4-2-3-5-13(11)19-14/h2-5,10,12,14H,6-9H2,1H3. The highest BCUT2D eigenvalue weighted by Gasteiger charge is 2.34. The van der Waals surface area contributed by atoms with Gasteiger partial charge in [0.25, 0.3) is 0 Å². The molecule has 2 aliphatic rings. The first-order chi connectivity index (χ1) is 9.15. The number of alkyl halides is 1. The second kappa shape index (κ2) is 5.37. The lowest BCUT2D eigenvalue weighted by Crippen LogP contribution is -2.46. The molecule has 1 aromatic rings. The first-order valence-corrected chi connectivity index (χ1v) is 8.14. The molecule has 19 heavy (non-hydrogen) atoms. The zero-order valence-corrected chi connectivity index (χ0v) is 12.6. The van der Waals surface area contributed by atoms with E-state index in [-0.39, 0.29) is 16.5 Å². The van der Waals surface area contributed by atoms with E-state index in [1.54, 1.807) is 11.8 Å². The number of carbonyl (C=O) groups excluding carboxylic acids is 1. The summed E-state index contributed by atoms with van der Waals surface area (Å²) in [6.07, 6.45) is 1.79. The van der Waals surface area contributed by atoms with Crippen LogP contribution < -0.4 is 0 Å². The maximum absolute atomic E-state index is 12.6. The van der Waals surface area contributed by atoms with Gasteiger partial charge in [0.05, 0.1) is 5.25 Å². The largest absolute Gasteiger partial charge is 0.341 e. The van der Waals surface area contributed by atoms with Gasteiger partial charge >= 0.3 is 0 Å². The van der Waals surface area contributed by atoms with Crippen molar-refractivity contribution in [3.8, 4) is 0 Å². The van der Waals surface area contributed by atoms with Gasteiger partial charge in [-0.2, -0.15) is 0 Å². The molecule has 1 aromatic carbocycles. The average Bonchev–Trinajstić information content (AvgIpc) is 2.85. The molecule has 0 saturated carbocycles. The van der Waals surface area contributed by atoms with Gasteiger partial charge in [0.1, 0.15) is 0 Å². The number of nitrogens with zero attached hydrogens (tertiary/aromatic N) is 1. The van der Waals surface area contributed by atoms with Gasteiger partial charge in [-0.05, 0) is 30.4 Å². The molecule has 1 saturated heterocycles. The quantitative estimate of drug-likeness (QED) is 0.742. The Hall–Kier alpha value is -0.670. The zero-order chi connectivity index (χ0) is 13.4. The molecule has 2 heterocycles. The molecule has 1 amide bonds. The summed E-state index contributed by atoms with van der Waals surface area (Å²) in [6, 6.07) is 8.33. The van der Waals surface area contributed by atoms with Crippen LogP contribution in [0.4, 0.5) is 0 Å². The second-order valence-electron chi connectivity index (χ2n) is 5.48. The molecule has 102 valence electrons. The minimum atomic E-state index is 0.0662. The van der Waals surface area contributed by atoms with Crippen LogP contribution in [0, 0.1) is 5.92 Å². The first kappa shape index (κ1) is 13.3. The van der Waals surface area contributed by atoms with Crippen LogP contribution in [0.5, 0.6) is 0 Å². The first-order valence-electron chi connectivity index (χ1n) is 6.82. The Morgan fingerprint density at radius 3 is 2.95 bits per heavy atom. The highest BCUT2D eigenvalue weighted by molar-refractivity contribution is 8.01. The fraction of sp³-hybridized carbons (Fsp3) is 0.533. The van der Waals surface area contributed by atoms with Gasteiger partial charge in [0.15, 0.2) is 0 Å². The third-order valence-electron chi connectivity index (χ3n) is 4.03. The minimum absolute atomic E-state index is 0.0662. The predicted molar refractivity (Wildman–Crippen MR) is 79.8 cm³/mol. The van der Waals surface area contributed by atoms with Crippen LogP contribution in [-0.4, -0.2) is 34.5 Å². The van der Waals surface area contributed by atoms with Crippen LogP contribution in [0.2, 0.25) is 0 Å². The van der Waals surface area contributed by atoms with Crippen molar-refractivity contribution in [3.05, 3.63) is 29.8 Å². The predicted octanol–water partition coefficient (Wildman–Crippen LogP) is 3.18. The summed E-state index contributed by atoms with van der Waals surface area (Å²) < 4.78 is 0. The Bertz CT molecular complexity index is 468. The van der Waals surface area contributed by atoms with Crippen LogP contribution in [-0.2, 0) is 11.2 Å². The Labute approximate surface area is 123 Å².